The van der Waals surface area contributed by atoms with Crippen LogP contribution in [0.15, 0.2) is 0 Å². The summed E-state index contributed by atoms with van der Waals surface area (Å²) >= 11 is 2.50. The lowest BCUT2D eigenvalue weighted by Gasteiger charge is -2.00. The van der Waals surface area contributed by atoms with E-state index in [1.54, 1.807) is 0 Å². The molecule has 3 N–H and O–H groups in total. The monoisotopic (exact) mass is 225 g/mol. The van der Waals surface area contributed by atoms with Crippen LogP contribution in [0.5, 0.6) is 0 Å². The number of carboxylic acid groups (broad SMARTS) is 2. The van der Waals surface area contributed by atoms with E-state index in [9.17, 15) is 9.59 Å². The first-order valence-corrected chi connectivity index (χ1v) is 5.73. The number of thioether (sulfide) groups is 2. The standard InChI is InChI=1S/C6H11NO4S2/c8-5(9)1-12-3-7-4-13-2-6(10)11/h7H,1-4H2,(H,8,9)(H,10,11). The van der Waals surface area contributed by atoms with Crippen LogP contribution in [0.2, 0.25) is 0 Å². The molecule has 0 rings (SSSR count). The lowest BCUT2D eigenvalue weighted by atomic mass is 10.8. The van der Waals surface area contributed by atoms with Crippen molar-refractivity contribution in [2.45, 2.75) is 0 Å². The van der Waals surface area contributed by atoms with Crippen LogP contribution in [0.25, 0.3) is 0 Å². The summed E-state index contributed by atoms with van der Waals surface area (Å²) in [5.74, 6) is -0.500. The van der Waals surface area contributed by atoms with Crippen molar-refractivity contribution in [2.24, 2.45) is 0 Å². The fourth-order valence-electron chi connectivity index (χ4n) is 0.463. The van der Waals surface area contributed by atoms with E-state index in [-0.39, 0.29) is 11.5 Å². The molecule has 0 radical (unpaired) electrons. The normalized spacial score (nSPS) is 9.85. The van der Waals surface area contributed by atoms with Gasteiger partial charge in [0, 0.05) is 11.8 Å². The van der Waals surface area contributed by atoms with Gasteiger partial charge in [0.25, 0.3) is 0 Å². The molecule has 0 aliphatic carbocycles. The highest BCUT2D eigenvalue weighted by molar-refractivity contribution is 8.00. The van der Waals surface area contributed by atoms with Gasteiger partial charge in [0.1, 0.15) is 0 Å². The van der Waals surface area contributed by atoms with Crippen molar-refractivity contribution in [3.05, 3.63) is 0 Å². The zero-order valence-electron chi connectivity index (χ0n) is 6.86. The van der Waals surface area contributed by atoms with Crippen molar-refractivity contribution in [3.63, 3.8) is 0 Å². The Labute approximate surface area is 84.3 Å². The maximum absolute atomic E-state index is 10.0. The van der Waals surface area contributed by atoms with Crippen molar-refractivity contribution in [3.8, 4) is 0 Å². The minimum atomic E-state index is -0.843. The summed E-state index contributed by atoms with van der Waals surface area (Å²) in [5, 5.41) is 19.4. The molecule has 7 heteroatoms. The Morgan fingerprint density at radius 2 is 1.38 bits per heavy atom. The first-order chi connectivity index (χ1) is 6.13. The average Bonchev–Trinajstić information content (AvgIpc) is 2.01. The third-order valence-corrected chi connectivity index (χ3v) is 2.58. The second-order valence-electron chi connectivity index (χ2n) is 2.02. The van der Waals surface area contributed by atoms with Crippen molar-refractivity contribution in [1.82, 2.24) is 5.32 Å². The van der Waals surface area contributed by atoms with Gasteiger partial charge >= 0.3 is 11.9 Å². The molecule has 0 saturated carbocycles. The molecule has 0 atom stereocenters. The summed E-state index contributed by atoms with van der Waals surface area (Å²) in [7, 11) is 0. The Morgan fingerprint density at radius 1 is 1.00 bits per heavy atom. The number of rotatable bonds is 8. The van der Waals surface area contributed by atoms with Gasteiger partial charge < -0.3 is 10.2 Å². The largest absolute Gasteiger partial charge is 0.481 e. The van der Waals surface area contributed by atoms with Crippen LogP contribution >= 0.6 is 23.5 Å². The number of carbonyl (C=O) groups is 2. The summed E-state index contributed by atoms with van der Waals surface area (Å²) in [5.41, 5.74) is 0. The first kappa shape index (κ1) is 12.6. The molecule has 0 aliphatic heterocycles. The van der Waals surface area contributed by atoms with Gasteiger partial charge in [-0.2, -0.15) is 0 Å². The van der Waals surface area contributed by atoms with Crippen molar-refractivity contribution in [1.29, 1.82) is 0 Å². The van der Waals surface area contributed by atoms with Crippen molar-refractivity contribution >= 4 is 35.5 Å². The highest BCUT2D eigenvalue weighted by atomic mass is 32.2. The van der Waals surface area contributed by atoms with Crippen LogP contribution < -0.4 is 5.32 Å². The molecule has 5 nitrogen and oxygen atoms in total. The summed E-state index contributed by atoms with van der Waals surface area (Å²) in [6.07, 6.45) is 0. The number of carboxylic acids is 2. The van der Waals surface area contributed by atoms with Crippen LogP contribution in [0.3, 0.4) is 0 Å². The zero-order valence-corrected chi connectivity index (χ0v) is 8.49. The summed E-state index contributed by atoms with van der Waals surface area (Å²) in [6, 6.07) is 0. The second kappa shape index (κ2) is 8.21. The summed E-state index contributed by atoms with van der Waals surface area (Å²) < 4.78 is 0. The number of aliphatic carboxylic acids is 2. The minimum absolute atomic E-state index is 0.0661. The average molecular weight is 225 g/mol. The third kappa shape index (κ3) is 11.6. The lowest BCUT2D eigenvalue weighted by molar-refractivity contribution is -0.134. The van der Waals surface area contributed by atoms with Crippen molar-refractivity contribution in [2.75, 3.05) is 23.3 Å². The maximum Gasteiger partial charge on any atom is 0.313 e. The zero-order chi connectivity index (χ0) is 10.1. The van der Waals surface area contributed by atoms with Gasteiger partial charge in [-0.1, -0.05) is 0 Å². The molecule has 0 aliphatic rings. The van der Waals surface area contributed by atoms with E-state index >= 15 is 0 Å². The lowest BCUT2D eigenvalue weighted by Crippen LogP contribution is -2.15. The van der Waals surface area contributed by atoms with Crippen LogP contribution in [0, 0.1) is 0 Å². The molecular weight excluding hydrogens is 214 g/mol. The molecule has 0 saturated heterocycles. The number of nitrogens with one attached hydrogen (secondary N) is 1. The van der Waals surface area contributed by atoms with Crippen LogP contribution in [-0.4, -0.2) is 45.4 Å². The molecule has 0 aromatic heterocycles. The van der Waals surface area contributed by atoms with Crippen LogP contribution in [0.1, 0.15) is 0 Å². The SMILES string of the molecule is O=C(O)CSCNCSCC(=O)O. The predicted molar refractivity (Wildman–Crippen MR) is 53.1 cm³/mol. The van der Waals surface area contributed by atoms with E-state index in [2.05, 4.69) is 5.32 Å². The Bertz CT molecular complexity index is 158. The van der Waals surface area contributed by atoms with Crippen molar-refractivity contribution < 1.29 is 19.8 Å². The van der Waals surface area contributed by atoms with E-state index in [1.165, 1.54) is 23.5 Å². The maximum atomic E-state index is 10.0. The Morgan fingerprint density at radius 3 is 1.69 bits per heavy atom. The molecule has 0 fully saturated rings. The molecular formula is C6H11NO4S2. The Hall–Kier alpha value is -0.400. The van der Waals surface area contributed by atoms with Crippen LogP contribution in [0.4, 0.5) is 0 Å². The van der Waals surface area contributed by atoms with Gasteiger partial charge in [0.2, 0.25) is 0 Å². The van der Waals surface area contributed by atoms with Gasteiger partial charge in [0.15, 0.2) is 0 Å². The Balaban J connectivity index is 3.00. The minimum Gasteiger partial charge on any atom is -0.481 e. The smallest absolute Gasteiger partial charge is 0.313 e. The van der Waals surface area contributed by atoms with Gasteiger partial charge in [-0.05, 0) is 0 Å². The van der Waals surface area contributed by atoms with Gasteiger partial charge in [-0.25, -0.2) is 0 Å². The van der Waals surface area contributed by atoms with E-state index < -0.39 is 11.9 Å². The molecule has 0 heterocycles. The molecule has 0 aromatic rings. The first-order valence-electron chi connectivity index (χ1n) is 3.42. The van der Waals surface area contributed by atoms with E-state index in [4.69, 9.17) is 10.2 Å². The molecule has 76 valence electrons. The van der Waals surface area contributed by atoms with E-state index in [1.807, 2.05) is 0 Å². The highest BCUT2D eigenvalue weighted by Crippen LogP contribution is 1.99. The van der Waals surface area contributed by atoms with Crippen LogP contribution in [-0.2, 0) is 9.59 Å². The van der Waals surface area contributed by atoms with Gasteiger partial charge in [-0.3, -0.25) is 14.9 Å². The van der Waals surface area contributed by atoms with Gasteiger partial charge in [-0.15, -0.1) is 23.5 Å². The molecule has 0 amide bonds. The summed E-state index contributed by atoms with van der Waals surface area (Å²) in [4.78, 5) is 20.1. The quantitative estimate of drug-likeness (QED) is 0.399. The highest BCUT2D eigenvalue weighted by Gasteiger charge is 1.97. The molecule has 0 bridgehead atoms. The van der Waals surface area contributed by atoms with Gasteiger partial charge in [0.05, 0.1) is 11.5 Å². The topological polar surface area (TPSA) is 86.6 Å². The summed E-state index contributed by atoms with van der Waals surface area (Å²) in [6.45, 7) is 0. The molecule has 13 heavy (non-hydrogen) atoms. The predicted octanol–water partition coefficient (Wildman–Crippen LogP) is 0.127. The fourth-order valence-corrected chi connectivity index (χ4v) is 1.64. The molecule has 0 unspecified atom stereocenters. The Kier molecular flexibility index (Phi) is 7.96. The van der Waals surface area contributed by atoms with E-state index in [0.29, 0.717) is 11.8 Å². The molecule has 0 spiro atoms. The van der Waals surface area contributed by atoms with E-state index in [0.717, 1.165) is 0 Å². The third-order valence-electron chi connectivity index (χ3n) is 0.859. The number of hydrogen-bond acceptors (Lipinski definition) is 5. The second-order valence-corrected chi connectivity index (χ2v) is 3.99. The number of hydrogen-bond donors (Lipinski definition) is 3. The molecule has 0 aromatic carbocycles. The fraction of sp³-hybridized carbons (Fsp3) is 0.667.